The first-order valence-electron chi connectivity index (χ1n) is 9.27. The molecule has 0 radical (unpaired) electrons. The van der Waals surface area contributed by atoms with Gasteiger partial charge in [0, 0.05) is 30.5 Å². The summed E-state index contributed by atoms with van der Waals surface area (Å²) in [7, 11) is 0. The lowest BCUT2D eigenvalue weighted by Gasteiger charge is -2.28. The molecule has 1 aliphatic rings. The Hall–Kier alpha value is -3.26. The summed E-state index contributed by atoms with van der Waals surface area (Å²) in [6, 6.07) is 5.61. The van der Waals surface area contributed by atoms with Gasteiger partial charge in [-0.15, -0.1) is 6.58 Å². The molecule has 1 aliphatic heterocycles. The molecule has 0 aliphatic carbocycles. The number of nitrogens with zero attached hydrogens (tertiary/aromatic N) is 4. The molecule has 0 saturated carbocycles. The standard InChI is InChI=1S/C20H22N6O2/c1-2-3-4-19(27)25-7-8-26-18(12-25)16(11-22-26)13-5-6-14-15(9-13)17(10-21)23-24-20(14)28/h2,5-6,9,11H,1,3-4,7-8,10,12,21H2,(H,24,28). The minimum Gasteiger partial charge on any atom is -0.335 e. The Morgan fingerprint density at radius 3 is 2.96 bits per heavy atom. The summed E-state index contributed by atoms with van der Waals surface area (Å²) in [5.41, 5.74) is 9.05. The molecule has 0 fully saturated rings. The average Bonchev–Trinajstić information content (AvgIpc) is 3.15. The molecule has 0 unspecified atom stereocenters. The number of aromatic nitrogens is 4. The number of nitrogens with two attached hydrogens (primary N) is 1. The maximum atomic E-state index is 12.4. The number of carbonyl (C=O) groups excluding carboxylic acids is 1. The van der Waals surface area contributed by atoms with Gasteiger partial charge < -0.3 is 10.6 Å². The second-order valence-electron chi connectivity index (χ2n) is 6.83. The van der Waals surface area contributed by atoms with Crippen LogP contribution in [0.5, 0.6) is 0 Å². The van der Waals surface area contributed by atoms with Crippen LogP contribution < -0.4 is 11.3 Å². The van der Waals surface area contributed by atoms with Gasteiger partial charge in [-0.05, 0) is 24.1 Å². The Bertz CT molecular complexity index is 1110. The number of amides is 1. The van der Waals surface area contributed by atoms with Crippen LogP contribution in [-0.2, 0) is 24.4 Å². The highest BCUT2D eigenvalue weighted by molar-refractivity contribution is 5.88. The number of fused-ring (bicyclic) bond motifs is 2. The first kappa shape index (κ1) is 18.1. The van der Waals surface area contributed by atoms with Crippen LogP contribution in [0.3, 0.4) is 0 Å². The second-order valence-corrected chi connectivity index (χ2v) is 6.83. The Morgan fingerprint density at radius 2 is 2.18 bits per heavy atom. The van der Waals surface area contributed by atoms with Gasteiger partial charge in [-0.1, -0.05) is 12.1 Å². The Balaban J connectivity index is 1.72. The van der Waals surface area contributed by atoms with Gasteiger partial charge in [-0.25, -0.2) is 5.10 Å². The molecule has 3 N–H and O–H groups in total. The van der Waals surface area contributed by atoms with Crippen molar-refractivity contribution in [3.63, 3.8) is 0 Å². The maximum Gasteiger partial charge on any atom is 0.272 e. The highest BCUT2D eigenvalue weighted by Gasteiger charge is 2.24. The van der Waals surface area contributed by atoms with Gasteiger partial charge in [0.25, 0.3) is 5.56 Å². The molecule has 2 aromatic heterocycles. The van der Waals surface area contributed by atoms with Crippen LogP contribution in [-0.4, -0.2) is 37.3 Å². The maximum absolute atomic E-state index is 12.4. The fourth-order valence-electron chi connectivity index (χ4n) is 3.63. The number of rotatable bonds is 5. The minimum atomic E-state index is -0.241. The molecule has 0 bridgehead atoms. The molecule has 3 heterocycles. The molecular weight excluding hydrogens is 356 g/mol. The van der Waals surface area contributed by atoms with Crippen LogP contribution in [0, 0.1) is 0 Å². The fraction of sp³-hybridized carbons (Fsp3) is 0.300. The first-order valence-corrected chi connectivity index (χ1v) is 9.27. The Kier molecular flexibility index (Phi) is 4.79. The molecule has 0 atom stereocenters. The molecule has 1 aromatic carbocycles. The molecule has 8 heteroatoms. The van der Waals surface area contributed by atoms with Gasteiger partial charge in [0.15, 0.2) is 0 Å². The summed E-state index contributed by atoms with van der Waals surface area (Å²) in [6.45, 7) is 5.74. The number of allylic oxidation sites excluding steroid dienone is 1. The molecule has 28 heavy (non-hydrogen) atoms. The van der Waals surface area contributed by atoms with Crippen LogP contribution in [0.25, 0.3) is 21.9 Å². The molecule has 3 aromatic rings. The van der Waals surface area contributed by atoms with Crippen molar-refractivity contribution in [2.75, 3.05) is 6.54 Å². The zero-order valence-corrected chi connectivity index (χ0v) is 15.5. The lowest BCUT2D eigenvalue weighted by molar-refractivity contribution is -0.132. The predicted molar refractivity (Wildman–Crippen MR) is 106 cm³/mol. The third-order valence-corrected chi connectivity index (χ3v) is 5.16. The van der Waals surface area contributed by atoms with Crippen molar-refractivity contribution in [1.82, 2.24) is 24.9 Å². The summed E-state index contributed by atoms with van der Waals surface area (Å²) in [4.78, 5) is 26.3. The smallest absolute Gasteiger partial charge is 0.272 e. The lowest BCUT2D eigenvalue weighted by Crippen LogP contribution is -2.38. The highest BCUT2D eigenvalue weighted by Crippen LogP contribution is 2.29. The number of nitrogens with one attached hydrogen (secondary N) is 1. The third kappa shape index (κ3) is 3.11. The number of H-pyrrole nitrogens is 1. The summed E-state index contributed by atoms with van der Waals surface area (Å²) in [5.74, 6) is 0.123. The molecule has 0 spiro atoms. The van der Waals surface area contributed by atoms with E-state index >= 15 is 0 Å². The number of aromatic amines is 1. The monoisotopic (exact) mass is 378 g/mol. The van der Waals surface area contributed by atoms with Gasteiger partial charge in [-0.3, -0.25) is 14.3 Å². The molecule has 8 nitrogen and oxygen atoms in total. The molecule has 0 saturated heterocycles. The van der Waals surface area contributed by atoms with Crippen molar-refractivity contribution >= 4 is 16.7 Å². The highest BCUT2D eigenvalue weighted by atomic mass is 16.2. The molecule has 1 amide bonds. The Morgan fingerprint density at radius 1 is 1.32 bits per heavy atom. The topological polar surface area (TPSA) is 110 Å². The largest absolute Gasteiger partial charge is 0.335 e. The lowest BCUT2D eigenvalue weighted by atomic mass is 10.0. The first-order chi connectivity index (χ1) is 13.6. The van der Waals surface area contributed by atoms with E-state index in [9.17, 15) is 9.59 Å². The summed E-state index contributed by atoms with van der Waals surface area (Å²) in [5, 5.41) is 12.3. The van der Waals surface area contributed by atoms with Crippen LogP contribution in [0.1, 0.15) is 24.2 Å². The third-order valence-electron chi connectivity index (χ3n) is 5.16. The van der Waals surface area contributed by atoms with E-state index in [1.54, 1.807) is 12.1 Å². The normalized spacial score (nSPS) is 13.5. The van der Waals surface area contributed by atoms with Gasteiger partial charge in [0.1, 0.15) is 0 Å². The van der Waals surface area contributed by atoms with Crippen molar-refractivity contribution < 1.29 is 4.79 Å². The molecule has 4 rings (SSSR count). The summed E-state index contributed by atoms with van der Waals surface area (Å²) >= 11 is 0. The van der Waals surface area contributed by atoms with Gasteiger partial charge in [0.2, 0.25) is 5.91 Å². The quantitative estimate of drug-likeness (QED) is 0.655. The van der Waals surface area contributed by atoms with E-state index in [1.165, 1.54) is 0 Å². The number of hydrogen-bond donors (Lipinski definition) is 2. The van der Waals surface area contributed by atoms with Crippen molar-refractivity contribution in [1.29, 1.82) is 0 Å². The SMILES string of the molecule is C=CCCC(=O)N1CCn2ncc(-c3ccc4c(=O)[nH]nc(CN)c4c3)c2C1. The van der Waals surface area contributed by atoms with Crippen LogP contribution in [0.4, 0.5) is 0 Å². The van der Waals surface area contributed by atoms with Crippen molar-refractivity contribution in [3.8, 4) is 11.1 Å². The zero-order valence-electron chi connectivity index (χ0n) is 15.5. The van der Waals surface area contributed by atoms with E-state index in [0.29, 0.717) is 43.6 Å². The van der Waals surface area contributed by atoms with Crippen LogP contribution in [0.15, 0.2) is 41.8 Å². The molecular formula is C20H22N6O2. The summed E-state index contributed by atoms with van der Waals surface area (Å²) in [6.07, 6.45) is 4.72. The van der Waals surface area contributed by atoms with E-state index in [4.69, 9.17) is 5.73 Å². The van der Waals surface area contributed by atoms with Crippen LogP contribution >= 0.6 is 0 Å². The number of carbonyl (C=O) groups is 1. The van der Waals surface area contributed by atoms with E-state index in [0.717, 1.165) is 22.2 Å². The van der Waals surface area contributed by atoms with Crippen molar-refractivity contribution in [2.24, 2.45) is 5.73 Å². The minimum absolute atomic E-state index is 0.123. The van der Waals surface area contributed by atoms with E-state index in [-0.39, 0.29) is 18.0 Å². The van der Waals surface area contributed by atoms with Gasteiger partial charge in [-0.2, -0.15) is 10.2 Å². The average molecular weight is 378 g/mol. The van der Waals surface area contributed by atoms with E-state index in [2.05, 4.69) is 21.9 Å². The number of hydrogen-bond acceptors (Lipinski definition) is 5. The number of benzene rings is 1. The van der Waals surface area contributed by atoms with Crippen LogP contribution in [0.2, 0.25) is 0 Å². The van der Waals surface area contributed by atoms with E-state index in [1.807, 2.05) is 27.9 Å². The van der Waals surface area contributed by atoms with Gasteiger partial charge in [0.05, 0.1) is 36.1 Å². The van der Waals surface area contributed by atoms with Crippen molar-refractivity contribution in [3.05, 3.63) is 58.8 Å². The fourth-order valence-corrected chi connectivity index (χ4v) is 3.63. The van der Waals surface area contributed by atoms with E-state index < -0.39 is 0 Å². The molecule has 144 valence electrons. The Labute approximate surface area is 161 Å². The summed E-state index contributed by atoms with van der Waals surface area (Å²) < 4.78 is 1.94. The zero-order chi connectivity index (χ0) is 19.7. The van der Waals surface area contributed by atoms with Gasteiger partial charge >= 0.3 is 0 Å². The second kappa shape index (κ2) is 7.40. The predicted octanol–water partition coefficient (Wildman–Crippen LogP) is 1.55. The van der Waals surface area contributed by atoms with Crippen molar-refractivity contribution in [2.45, 2.75) is 32.5 Å².